The topological polar surface area (TPSA) is 97.1 Å². The third-order valence-corrected chi connectivity index (χ3v) is 4.81. The number of rotatable bonds is 6. The maximum atomic E-state index is 13.0. The van der Waals surface area contributed by atoms with Crippen LogP contribution >= 0.6 is 0 Å². The Balaban J connectivity index is 1.83. The summed E-state index contributed by atoms with van der Waals surface area (Å²) >= 11 is 0. The normalized spacial score (nSPS) is 11.9. The van der Waals surface area contributed by atoms with Crippen molar-refractivity contribution in [1.82, 2.24) is 20.3 Å². The minimum Gasteiger partial charge on any atom is -0.478 e. The van der Waals surface area contributed by atoms with E-state index in [-0.39, 0.29) is 23.5 Å². The van der Waals surface area contributed by atoms with E-state index in [4.69, 9.17) is 5.11 Å². The molecule has 2 aromatic carbocycles. The van der Waals surface area contributed by atoms with Crippen LogP contribution in [-0.2, 0) is 12.7 Å². The predicted octanol–water partition coefficient (Wildman–Crippen LogP) is 3.91. The molecule has 1 heterocycles. The van der Waals surface area contributed by atoms with Crippen LogP contribution in [0.25, 0.3) is 0 Å². The third-order valence-electron chi connectivity index (χ3n) is 4.81. The quantitative estimate of drug-likeness (QED) is 0.549. The highest BCUT2D eigenvalue weighted by Crippen LogP contribution is 2.29. The standard InChI is InChI=1S/C23H19F3N4O3/c1-3-4-19-20(21(31)27-14(2)16-7-9-17(10-8-16)22(32)33)30(29-28-19)13-15-5-11-18(12-6-15)23(24,25)26/h5-12,14H,13H2,1-2H3,(H,27,31)(H,32,33). The number of amides is 1. The molecule has 1 aromatic heterocycles. The smallest absolute Gasteiger partial charge is 0.416 e. The van der Waals surface area contributed by atoms with Gasteiger partial charge in [-0.1, -0.05) is 35.4 Å². The van der Waals surface area contributed by atoms with E-state index in [1.165, 1.54) is 28.9 Å². The van der Waals surface area contributed by atoms with Crippen molar-refractivity contribution < 1.29 is 27.9 Å². The zero-order valence-electron chi connectivity index (χ0n) is 17.6. The number of carboxylic acid groups (broad SMARTS) is 1. The molecule has 0 aliphatic rings. The van der Waals surface area contributed by atoms with Crippen molar-refractivity contribution >= 4 is 11.9 Å². The van der Waals surface area contributed by atoms with Gasteiger partial charge in [0.15, 0.2) is 11.4 Å². The van der Waals surface area contributed by atoms with Crippen LogP contribution < -0.4 is 5.32 Å². The Morgan fingerprint density at radius 2 is 1.76 bits per heavy atom. The van der Waals surface area contributed by atoms with Crippen molar-refractivity contribution in [1.29, 1.82) is 0 Å². The molecule has 170 valence electrons. The lowest BCUT2D eigenvalue weighted by atomic mass is 10.1. The highest BCUT2D eigenvalue weighted by atomic mass is 19.4. The summed E-state index contributed by atoms with van der Waals surface area (Å²) in [6.07, 6.45) is -4.44. The van der Waals surface area contributed by atoms with Crippen molar-refractivity contribution in [3.05, 3.63) is 82.2 Å². The van der Waals surface area contributed by atoms with Gasteiger partial charge in [0.05, 0.1) is 23.7 Å². The molecule has 3 rings (SSSR count). The van der Waals surface area contributed by atoms with Gasteiger partial charge < -0.3 is 10.4 Å². The van der Waals surface area contributed by atoms with Crippen LogP contribution in [0.4, 0.5) is 13.2 Å². The van der Waals surface area contributed by atoms with Gasteiger partial charge in [-0.3, -0.25) is 4.79 Å². The zero-order valence-corrected chi connectivity index (χ0v) is 17.6. The minimum absolute atomic E-state index is 0.0149. The van der Waals surface area contributed by atoms with Crippen molar-refractivity contribution in [2.75, 3.05) is 0 Å². The first kappa shape index (κ1) is 23.5. The van der Waals surface area contributed by atoms with Crippen LogP contribution in [-0.4, -0.2) is 32.0 Å². The second kappa shape index (κ2) is 9.56. The fraction of sp³-hybridized carbons (Fsp3) is 0.217. The van der Waals surface area contributed by atoms with Crippen LogP contribution in [0, 0.1) is 11.8 Å². The van der Waals surface area contributed by atoms with Crippen LogP contribution in [0.5, 0.6) is 0 Å². The van der Waals surface area contributed by atoms with Crippen LogP contribution in [0.15, 0.2) is 48.5 Å². The fourth-order valence-corrected chi connectivity index (χ4v) is 3.09. The minimum atomic E-state index is -4.44. The Hall–Kier alpha value is -4.13. The van der Waals surface area contributed by atoms with Gasteiger partial charge in [-0.15, -0.1) is 5.10 Å². The third kappa shape index (κ3) is 5.57. The van der Waals surface area contributed by atoms with Gasteiger partial charge in [0, 0.05) is 0 Å². The number of carbonyl (C=O) groups is 2. The van der Waals surface area contributed by atoms with E-state index >= 15 is 0 Å². The number of nitrogens with zero attached hydrogens (tertiary/aromatic N) is 3. The second-order valence-electron chi connectivity index (χ2n) is 7.14. The number of aromatic nitrogens is 3. The lowest BCUT2D eigenvalue weighted by molar-refractivity contribution is -0.137. The van der Waals surface area contributed by atoms with Crippen molar-refractivity contribution in [2.45, 2.75) is 32.6 Å². The van der Waals surface area contributed by atoms with Gasteiger partial charge in [-0.2, -0.15) is 13.2 Å². The Kier molecular flexibility index (Phi) is 6.82. The van der Waals surface area contributed by atoms with E-state index in [9.17, 15) is 22.8 Å². The van der Waals surface area contributed by atoms with Crippen LogP contribution in [0.3, 0.4) is 0 Å². The molecule has 10 heteroatoms. The molecule has 1 amide bonds. The predicted molar refractivity (Wildman–Crippen MR) is 112 cm³/mol. The van der Waals surface area contributed by atoms with E-state index in [2.05, 4.69) is 27.5 Å². The molecule has 33 heavy (non-hydrogen) atoms. The molecule has 0 saturated carbocycles. The van der Waals surface area contributed by atoms with Gasteiger partial charge in [-0.05, 0) is 55.2 Å². The average Bonchev–Trinajstić information content (AvgIpc) is 3.16. The lowest BCUT2D eigenvalue weighted by Gasteiger charge is -2.15. The molecule has 0 aliphatic carbocycles. The molecule has 0 saturated heterocycles. The Bertz CT molecular complexity index is 1220. The Morgan fingerprint density at radius 3 is 2.30 bits per heavy atom. The molecule has 0 bridgehead atoms. The molecular weight excluding hydrogens is 437 g/mol. The number of hydrogen-bond donors (Lipinski definition) is 2. The van der Waals surface area contributed by atoms with Gasteiger partial charge >= 0.3 is 12.1 Å². The van der Waals surface area contributed by atoms with Crippen molar-refractivity contribution in [3.63, 3.8) is 0 Å². The van der Waals surface area contributed by atoms with E-state index in [0.717, 1.165) is 12.1 Å². The molecule has 1 atom stereocenters. The van der Waals surface area contributed by atoms with E-state index in [1.54, 1.807) is 26.0 Å². The molecule has 1 unspecified atom stereocenters. The van der Waals surface area contributed by atoms with Gasteiger partial charge in [0.1, 0.15) is 0 Å². The maximum absolute atomic E-state index is 13.0. The number of nitrogens with one attached hydrogen (secondary N) is 1. The SMILES string of the molecule is CC#Cc1nnn(Cc2ccc(C(F)(F)F)cc2)c1C(=O)NC(C)c1ccc(C(=O)O)cc1. The summed E-state index contributed by atoms with van der Waals surface area (Å²) in [7, 11) is 0. The lowest BCUT2D eigenvalue weighted by Crippen LogP contribution is -2.29. The first-order valence-corrected chi connectivity index (χ1v) is 9.76. The summed E-state index contributed by atoms with van der Waals surface area (Å²) in [5, 5.41) is 19.7. The molecule has 3 aromatic rings. The number of aromatic carboxylic acids is 1. The van der Waals surface area contributed by atoms with E-state index < -0.39 is 29.7 Å². The zero-order chi connectivity index (χ0) is 24.2. The molecule has 2 N–H and O–H groups in total. The highest BCUT2D eigenvalue weighted by Gasteiger charge is 2.30. The van der Waals surface area contributed by atoms with Gasteiger partial charge in [-0.25, -0.2) is 9.48 Å². The molecule has 0 fully saturated rings. The molecular formula is C23H19F3N4O3. The fourth-order valence-electron chi connectivity index (χ4n) is 3.09. The summed E-state index contributed by atoms with van der Waals surface area (Å²) in [4.78, 5) is 24.0. The van der Waals surface area contributed by atoms with E-state index in [0.29, 0.717) is 11.1 Å². The summed E-state index contributed by atoms with van der Waals surface area (Å²) in [5.41, 5.74) is 0.724. The molecule has 0 spiro atoms. The first-order chi connectivity index (χ1) is 15.6. The number of halogens is 3. The van der Waals surface area contributed by atoms with Gasteiger partial charge in [0.2, 0.25) is 0 Å². The number of carbonyl (C=O) groups excluding carboxylic acids is 1. The largest absolute Gasteiger partial charge is 0.478 e. The summed E-state index contributed by atoms with van der Waals surface area (Å²) in [6, 6.07) is 10.1. The summed E-state index contributed by atoms with van der Waals surface area (Å²) < 4.78 is 39.7. The monoisotopic (exact) mass is 456 g/mol. The number of carboxylic acids is 1. The maximum Gasteiger partial charge on any atom is 0.416 e. The van der Waals surface area contributed by atoms with Crippen LogP contribution in [0.2, 0.25) is 0 Å². The first-order valence-electron chi connectivity index (χ1n) is 9.76. The summed E-state index contributed by atoms with van der Waals surface area (Å²) in [5.74, 6) is 3.78. The Morgan fingerprint density at radius 1 is 1.12 bits per heavy atom. The molecule has 0 aliphatic heterocycles. The van der Waals surface area contributed by atoms with Crippen LogP contribution in [0.1, 0.15) is 63.1 Å². The number of hydrogen-bond acceptors (Lipinski definition) is 4. The van der Waals surface area contributed by atoms with Gasteiger partial charge in [0.25, 0.3) is 5.91 Å². The number of alkyl halides is 3. The Labute approximate surface area is 187 Å². The highest BCUT2D eigenvalue weighted by molar-refractivity contribution is 5.94. The molecule has 7 nitrogen and oxygen atoms in total. The summed E-state index contributed by atoms with van der Waals surface area (Å²) in [6.45, 7) is 3.31. The molecule has 0 radical (unpaired) electrons. The number of benzene rings is 2. The van der Waals surface area contributed by atoms with Crippen molar-refractivity contribution in [3.8, 4) is 11.8 Å². The van der Waals surface area contributed by atoms with Crippen molar-refractivity contribution in [2.24, 2.45) is 0 Å². The average molecular weight is 456 g/mol. The van der Waals surface area contributed by atoms with E-state index in [1.807, 2.05) is 0 Å². The second-order valence-corrected chi connectivity index (χ2v) is 7.14.